The van der Waals surface area contributed by atoms with Crippen LogP contribution in [0.15, 0.2) is 18.3 Å². The highest BCUT2D eigenvalue weighted by Gasteiger charge is 2.31. The van der Waals surface area contributed by atoms with E-state index in [4.69, 9.17) is 11.6 Å². The Morgan fingerprint density at radius 3 is 2.84 bits per heavy atom. The van der Waals surface area contributed by atoms with E-state index in [9.17, 15) is 14.3 Å². The second-order valence-electron chi connectivity index (χ2n) is 6.78. The number of imidazole rings is 1. The van der Waals surface area contributed by atoms with Gasteiger partial charge in [0, 0.05) is 31.9 Å². The smallest absolute Gasteiger partial charge is 0.277 e. The number of carbonyl (C=O) groups is 1. The molecule has 2 aromatic heterocycles. The topological polar surface area (TPSA) is 61.1 Å². The fourth-order valence-corrected chi connectivity index (χ4v) is 3.42. The van der Waals surface area contributed by atoms with E-state index >= 15 is 0 Å². The lowest BCUT2D eigenvalue weighted by atomic mass is 10.0. The second-order valence-corrected chi connectivity index (χ2v) is 7.22. The molecule has 136 valence electrons. The van der Waals surface area contributed by atoms with E-state index < -0.39 is 11.9 Å². The minimum absolute atomic E-state index is 0.00713. The first-order valence-corrected chi connectivity index (χ1v) is 8.68. The van der Waals surface area contributed by atoms with Crippen LogP contribution in [-0.4, -0.2) is 70.0 Å². The zero-order valence-corrected chi connectivity index (χ0v) is 15.1. The Labute approximate surface area is 150 Å². The Kier molecular flexibility index (Phi) is 5.27. The number of pyridine rings is 1. The number of likely N-dealkylation sites (N-methyl/N-ethyl adjacent to an activating group) is 1. The van der Waals surface area contributed by atoms with Crippen molar-refractivity contribution >= 4 is 23.2 Å². The molecule has 0 unspecified atom stereocenters. The lowest BCUT2D eigenvalue weighted by Crippen LogP contribution is -2.43. The van der Waals surface area contributed by atoms with Gasteiger partial charge in [-0.25, -0.2) is 4.98 Å². The number of likely N-dealkylation sites (tertiary alicyclic amines) is 1. The standard InChI is InChI=1S/C17H22ClFN4O2/c1-21(2)13-5-3-11(10-24)7-22(9-13)17(25)15-16(19)23-8-12(18)4-6-14(23)20-15/h4,6,8,11,13,24H,3,5,7,9-10H2,1-2H3/t11-,13+/m0/s1. The first kappa shape index (κ1) is 18.1. The van der Waals surface area contributed by atoms with Gasteiger partial charge in [0.05, 0.1) is 5.02 Å². The summed E-state index contributed by atoms with van der Waals surface area (Å²) in [6.07, 6.45) is 3.11. The molecule has 0 aliphatic carbocycles. The monoisotopic (exact) mass is 368 g/mol. The van der Waals surface area contributed by atoms with E-state index in [-0.39, 0.29) is 24.3 Å². The lowest BCUT2D eigenvalue weighted by molar-refractivity contribution is 0.0678. The predicted molar refractivity (Wildman–Crippen MR) is 93.3 cm³/mol. The van der Waals surface area contributed by atoms with Gasteiger partial charge in [-0.1, -0.05) is 11.6 Å². The SMILES string of the molecule is CN(C)[C@@H]1CC[C@H](CO)CN(C(=O)c2nc3ccc(Cl)cn3c2F)C1. The summed E-state index contributed by atoms with van der Waals surface area (Å²) in [6, 6.07) is 3.34. The summed E-state index contributed by atoms with van der Waals surface area (Å²) >= 11 is 5.90. The molecule has 0 spiro atoms. The van der Waals surface area contributed by atoms with Crippen molar-refractivity contribution in [1.82, 2.24) is 19.2 Å². The Morgan fingerprint density at radius 1 is 1.40 bits per heavy atom. The molecule has 0 aromatic carbocycles. The summed E-state index contributed by atoms with van der Waals surface area (Å²) in [4.78, 5) is 20.7. The van der Waals surface area contributed by atoms with Crippen LogP contribution in [0.2, 0.25) is 5.02 Å². The molecule has 8 heteroatoms. The van der Waals surface area contributed by atoms with E-state index in [2.05, 4.69) is 9.88 Å². The molecule has 0 bridgehead atoms. The van der Waals surface area contributed by atoms with Crippen LogP contribution in [0.4, 0.5) is 4.39 Å². The number of aliphatic hydroxyl groups excluding tert-OH is 1. The number of hydrogen-bond acceptors (Lipinski definition) is 4. The fraction of sp³-hybridized carbons (Fsp3) is 0.529. The Morgan fingerprint density at radius 2 is 2.16 bits per heavy atom. The summed E-state index contributed by atoms with van der Waals surface area (Å²) in [7, 11) is 3.92. The summed E-state index contributed by atoms with van der Waals surface area (Å²) < 4.78 is 15.9. The molecule has 1 saturated heterocycles. The number of carbonyl (C=O) groups excluding carboxylic acids is 1. The maximum atomic E-state index is 14.7. The van der Waals surface area contributed by atoms with Crippen molar-refractivity contribution in [3.05, 3.63) is 35.0 Å². The van der Waals surface area contributed by atoms with E-state index in [1.54, 1.807) is 17.0 Å². The molecule has 0 radical (unpaired) electrons. The quantitative estimate of drug-likeness (QED) is 0.899. The van der Waals surface area contributed by atoms with Crippen molar-refractivity contribution in [2.45, 2.75) is 18.9 Å². The largest absolute Gasteiger partial charge is 0.396 e. The average molecular weight is 369 g/mol. The molecule has 3 rings (SSSR count). The van der Waals surface area contributed by atoms with Gasteiger partial charge in [-0.2, -0.15) is 4.39 Å². The van der Waals surface area contributed by atoms with Crippen molar-refractivity contribution in [2.24, 2.45) is 5.92 Å². The van der Waals surface area contributed by atoms with Gasteiger partial charge in [-0.3, -0.25) is 9.20 Å². The number of halogens is 2. The Balaban J connectivity index is 1.93. The zero-order chi connectivity index (χ0) is 18.1. The Bertz CT molecular complexity index is 779. The van der Waals surface area contributed by atoms with Crippen LogP contribution < -0.4 is 0 Å². The Hall–Kier alpha value is -1.70. The summed E-state index contributed by atoms with van der Waals surface area (Å²) in [6.45, 7) is 0.886. The van der Waals surface area contributed by atoms with Gasteiger partial charge in [0.2, 0.25) is 5.95 Å². The van der Waals surface area contributed by atoms with Crippen LogP contribution in [-0.2, 0) is 0 Å². The van der Waals surface area contributed by atoms with E-state index in [0.29, 0.717) is 23.8 Å². The number of aromatic nitrogens is 2. The third-order valence-electron chi connectivity index (χ3n) is 4.82. The van der Waals surface area contributed by atoms with Crippen LogP contribution in [0.5, 0.6) is 0 Å². The molecule has 2 atom stereocenters. The van der Waals surface area contributed by atoms with Crippen molar-refractivity contribution in [1.29, 1.82) is 0 Å². The van der Waals surface area contributed by atoms with Gasteiger partial charge < -0.3 is 14.9 Å². The van der Waals surface area contributed by atoms with Crippen molar-refractivity contribution in [2.75, 3.05) is 33.8 Å². The van der Waals surface area contributed by atoms with Gasteiger partial charge in [0.1, 0.15) is 5.65 Å². The van der Waals surface area contributed by atoms with E-state index in [1.807, 2.05) is 14.1 Å². The number of rotatable bonds is 3. The molecule has 1 aliphatic rings. The van der Waals surface area contributed by atoms with Crippen LogP contribution in [0.3, 0.4) is 0 Å². The van der Waals surface area contributed by atoms with Crippen molar-refractivity contribution in [3.8, 4) is 0 Å². The van der Waals surface area contributed by atoms with Gasteiger partial charge >= 0.3 is 0 Å². The molecule has 1 fully saturated rings. The molecule has 1 amide bonds. The molecule has 2 aromatic rings. The molecule has 1 aliphatic heterocycles. The van der Waals surface area contributed by atoms with E-state index in [1.165, 1.54) is 10.6 Å². The van der Waals surface area contributed by atoms with Gasteiger partial charge in [-0.15, -0.1) is 0 Å². The van der Waals surface area contributed by atoms with E-state index in [0.717, 1.165) is 12.8 Å². The fourth-order valence-electron chi connectivity index (χ4n) is 3.26. The predicted octanol–water partition coefficient (Wildman–Crippen LogP) is 1.90. The van der Waals surface area contributed by atoms with Crippen LogP contribution in [0, 0.1) is 11.9 Å². The summed E-state index contributed by atoms with van der Waals surface area (Å²) in [5.41, 5.74) is 0.126. The third kappa shape index (κ3) is 3.63. The van der Waals surface area contributed by atoms with Crippen molar-refractivity contribution in [3.63, 3.8) is 0 Å². The van der Waals surface area contributed by atoms with Gasteiger partial charge in [0.25, 0.3) is 5.91 Å². The molecule has 25 heavy (non-hydrogen) atoms. The highest BCUT2D eigenvalue weighted by atomic mass is 35.5. The maximum absolute atomic E-state index is 14.7. The highest BCUT2D eigenvalue weighted by molar-refractivity contribution is 6.30. The highest BCUT2D eigenvalue weighted by Crippen LogP contribution is 2.22. The lowest BCUT2D eigenvalue weighted by Gasteiger charge is -2.28. The summed E-state index contributed by atoms with van der Waals surface area (Å²) in [5.74, 6) is -1.18. The van der Waals surface area contributed by atoms with Gasteiger partial charge in [0.15, 0.2) is 5.69 Å². The third-order valence-corrected chi connectivity index (χ3v) is 5.04. The molecule has 3 heterocycles. The summed E-state index contributed by atoms with van der Waals surface area (Å²) in [5, 5.41) is 9.92. The number of hydrogen-bond donors (Lipinski definition) is 1. The zero-order valence-electron chi connectivity index (χ0n) is 14.3. The van der Waals surface area contributed by atoms with Crippen LogP contribution in [0.25, 0.3) is 5.65 Å². The van der Waals surface area contributed by atoms with Crippen LogP contribution in [0.1, 0.15) is 23.3 Å². The first-order valence-electron chi connectivity index (χ1n) is 8.30. The second kappa shape index (κ2) is 7.27. The van der Waals surface area contributed by atoms with Crippen molar-refractivity contribution < 1.29 is 14.3 Å². The average Bonchev–Trinajstić information content (AvgIpc) is 2.78. The number of nitrogens with zero attached hydrogens (tertiary/aromatic N) is 4. The molecule has 0 saturated carbocycles. The number of fused-ring (bicyclic) bond motifs is 1. The normalized spacial score (nSPS) is 21.8. The molecular formula is C17H22ClFN4O2. The first-order chi connectivity index (χ1) is 11.9. The number of amides is 1. The maximum Gasteiger partial charge on any atom is 0.277 e. The molecule has 6 nitrogen and oxygen atoms in total. The number of aliphatic hydroxyl groups is 1. The molecular weight excluding hydrogens is 347 g/mol. The molecule has 1 N–H and O–H groups in total. The minimum Gasteiger partial charge on any atom is -0.396 e. The van der Waals surface area contributed by atoms with Crippen LogP contribution >= 0.6 is 11.6 Å². The minimum atomic E-state index is -0.714. The van der Waals surface area contributed by atoms with Gasteiger partial charge in [-0.05, 0) is 45.0 Å².